The molecule has 0 spiro atoms. The molecule has 2 heterocycles. The Bertz CT molecular complexity index is 1250. The van der Waals surface area contributed by atoms with Crippen LogP contribution in [0.3, 0.4) is 0 Å². The standard InChI is InChI=1S/C24H24Br2N4O2/c1-13(29-30-23(31)32-24(2,3)4)22(18-11-27-20-7-5-14(25)9-16(18)20)19-12-28-21-8-6-15(26)10-17(19)21/h5-12,22,27-28H,1-4H3,(H,30,31)/b29-13+. The molecule has 0 aliphatic heterocycles. The quantitative estimate of drug-likeness (QED) is 0.182. The normalized spacial score (nSPS) is 12.7. The molecule has 166 valence electrons. The number of carbonyl (C=O) groups excluding carboxylic acids is 1. The molecule has 0 fully saturated rings. The smallest absolute Gasteiger partial charge is 0.428 e. The number of nitrogens with one attached hydrogen (secondary N) is 3. The third-order valence-corrected chi connectivity index (χ3v) is 6.10. The number of halogens is 2. The van der Waals surface area contributed by atoms with E-state index in [2.05, 4.69) is 64.5 Å². The molecule has 0 atom stereocenters. The van der Waals surface area contributed by atoms with Crippen molar-refractivity contribution in [2.75, 3.05) is 0 Å². The summed E-state index contributed by atoms with van der Waals surface area (Å²) in [5, 5.41) is 6.59. The number of hydrogen-bond donors (Lipinski definition) is 3. The highest BCUT2D eigenvalue weighted by molar-refractivity contribution is 9.10. The minimum Gasteiger partial charge on any atom is -0.443 e. The maximum Gasteiger partial charge on any atom is 0.428 e. The highest BCUT2D eigenvalue weighted by Crippen LogP contribution is 2.37. The summed E-state index contributed by atoms with van der Waals surface area (Å²) in [7, 11) is 0. The summed E-state index contributed by atoms with van der Waals surface area (Å²) in [6, 6.07) is 12.3. The molecule has 4 rings (SSSR count). The van der Waals surface area contributed by atoms with Crippen LogP contribution in [0, 0.1) is 0 Å². The number of aromatic amines is 2. The van der Waals surface area contributed by atoms with Crippen LogP contribution in [-0.4, -0.2) is 27.4 Å². The SMILES string of the molecule is C/C(=N\NC(=O)OC(C)(C)C)C(c1c[nH]c2ccc(Br)cc12)c1c[nH]c2ccc(Br)cc12. The Balaban J connectivity index is 1.83. The summed E-state index contributed by atoms with van der Waals surface area (Å²) in [6.45, 7) is 7.37. The van der Waals surface area contributed by atoms with Gasteiger partial charge in [-0.05, 0) is 75.2 Å². The number of rotatable bonds is 4. The second-order valence-corrected chi connectivity index (χ2v) is 10.5. The van der Waals surface area contributed by atoms with Crippen molar-refractivity contribution in [2.45, 2.75) is 39.2 Å². The molecule has 2 aromatic heterocycles. The topological polar surface area (TPSA) is 82.3 Å². The fraction of sp³-hybridized carbons (Fsp3) is 0.250. The van der Waals surface area contributed by atoms with Gasteiger partial charge in [-0.2, -0.15) is 5.10 Å². The van der Waals surface area contributed by atoms with Crippen molar-refractivity contribution in [3.8, 4) is 0 Å². The Kier molecular flexibility index (Phi) is 6.18. The molecule has 32 heavy (non-hydrogen) atoms. The van der Waals surface area contributed by atoms with Gasteiger partial charge in [0.2, 0.25) is 0 Å². The van der Waals surface area contributed by atoms with E-state index >= 15 is 0 Å². The van der Waals surface area contributed by atoms with E-state index < -0.39 is 11.7 Å². The zero-order chi connectivity index (χ0) is 23.0. The Hall–Kier alpha value is -2.58. The first-order valence-electron chi connectivity index (χ1n) is 10.2. The van der Waals surface area contributed by atoms with Crippen LogP contribution in [0.4, 0.5) is 4.79 Å². The monoisotopic (exact) mass is 558 g/mol. The third-order valence-electron chi connectivity index (χ3n) is 5.11. The van der Waals surface area contributed by atoms with Crippen LogP contribution in [0.5, 0.6) is 0 Å². The van der Waals surface area contributed by atoms with Crippen molar-refractivity contribution in [1.29, 1.82) is 0 Å². The molecule has 0 unspecified atom stereocenters. The van der Waals surface area contributed by atoms with Crippen LogP contribution in [0.15, 0.2) is 62.8 Å². The number of aromatic nitrogens is 2. The molecule has 1 amide bonds. The second-order valence-electron chi connectivity index (χ2n) is 8.67. The zero-order valence-electron chi connectivity index (χ0n) is 18.2. The lowest BCUT2D eigenvalue weighted by Gasteiger charge is -2.20. The van der Waals surface area contributed by atoms with E-state index in [1.807, 2.05) is 64.4 Å². The number of amides is 1. The molecule has 0 saturated carbocycles. The lowest BCUT2D eigenvalue weighted by atomic mass is 9.87. The van der Waals surface area contributed by atoms with Crippen molar-refractivity contribution in [3.63, 3.8) is 0 Å². The van der Waals surface area contributed by atoms with E-state index in [-0.39, 0.29) is 5.92 Å². The molecule has 0 aliphatic carbocycles. The van der Waals surface area contributed by atoms with Crippen LogP contribution in [0.25, 0.3) is 21.8 Å². The van der Waals surface area contributed by atoms with E-state index in [4.69, 9.17) is 4.74 Å². The Labute approximate surface area is 203 Å². The van der Waals surface area contributed by atoms with Gasteiger partial charge in [0, 0.05) is 48.9 Å². The summed E-state index contributed by atoms with van der Waals surface area (Å²) in [5.74, 6) is -0.198. The molecule has 0 aliphatic rings. The van der Waals surface area contributed by atoms with Gasteiger partial charge in [-0.3, -0.25) is 0 Å². The molecule has 0 saturated heterocycles. The third kappa shape index (κ3) is 4.76. The van der Waals surface area contributed by atoms with Gasteiger partial charge >= 0.3 is 6.09 Å². The molecular formula is C24H24Br2N4O2. The lowest BCUT2D eigenvalue weighted by Crippen LogP contribution is -2.30. The Morgan fingerprint density at radius 3 is 1.94 bits per heavy atom. The highest BCUT2D eigenvalue weighted by Gasteiger charge is 2.25. The number of hydrogen-bond acceptors (Lipinski definition) is 3. The van der Waals surface area contributed by atoms with Crippen molar-refractivity contribution in [1.82, 2.24) is 15.4 Å². The van der Waals surface area contributed by atoms with E-state index in [0.717, 1.165) is 47.6 Å². The Morgan fingerprint density at radius 2 is 1.47 bits per heavy atom. The first-order valence-corrected chi connectivity index (χ1v) is 11.8. The first kappa shape index (κ1) is 22.6. The maximum atomic E-state index is 12.2. The van der Waals surface area contributed by atoms with Crippen LogP contribution in [-0.2, 0) is 4.74 Å². The minimum absolute atomic E-state index is 0.198. The molecule has 0 radical (unpaired) electrons. The number of fused-ring (bicyclic) bond motifs is 2. The average molecular weight is 560 g/mol. The molecule has 3 N–H and O–H groups in total. The van der Waals surface area contributed by atoms with Gasteiger partial charge in [0.05, 0.1) is 5.92 Å². The van der Waals surface area contributed by atoms with Crippen LogP contribution >= 0.6 is 31.9 Å². The van der Waals surface area contributed by atoms with Crippen LogP contribution in [0.2, 0.25) is 0 Å². The molecule has 6 nitrogen and oxygen atoms in total. The van der Waals surface area contributed by atoms with Crippen molar-refractivity contribution in [2.24, 2.45) is 5.10 Å². The van der Waals surface area contributed by atoms with E-state index in [0.29, 0.717) is 0 Å². The van der Waals surface area contributed by atoms with Gasteiger partial charge < -0.3 is 14.7 Å². The lowest BCUT2D eigenvalue weighted by molar-refractivity contribution is 0.0529. The molecule has 4 aromatic rings. The number of hydrazone groups is 1. The number of benzene rings is 2. The highest BCUT2D eigenvalue weighted by atomic mass is 79.9. The predicted octanol–water partition coefficient (Wildman–Crippen LogP) is 7.21. The summed E-state index contributed by atoms with van der Waals surface area (Å²) >= 11 is 7.17. The predicted molar refractivity (Wildman–Crippen MR) is 136 cm³/mol. The number of carbonyl (C=O) groups is 1. The van der Waals surface area contributed by atoms with Crippen molar-refractivity contribution in [3.05, 3.63) is 68.9 Å². The van der Waals surface area contributed by atoms with Gasteiger partial charge in [0.15, 0.2) is 0 Å². The Morgan fingerprint density at radius 1 is 0.969 bits per heavy atom. The summed E-state index contributed by atoms with van der Waals surface area (Å²) in [5.41, 5.74) is 6.87. The van der Waals surface area contributed by atoms with E-state index in [9.17, 15) is 4.79 Å². The van der Waals surface area contributed by atoms with Gasteiger partial charge in [0.1, 0.15) is 5.60 Å². The number of H-pyrrole nitrogens is 2. The largest absolute Gasteiger partial charge is 0.443 e. The molecule has 8 heteroatoms. The van der Waals surface area contributed by atoms with Gasteiger partial charge in [-0.15, -0.1) is 0 Å². The van der Waals surface area contributed by atoms with E-state index in [1.54, 1.807) is 0 Å². The van der Waals surface area contributed by atoms with Gasteiger partial charge in [0.25, 0.3) is 0 Å². The summed E-state index contributed by atoms with van der Waals surface area (Å²) in [6.07, 6.45) is 3.43. The summed E-state index contributed by atoms with van der Waals surface area (Å²) in [4.78, 5) is 18.9. The molecule has 0 bridgehead atoms. The van der Waals surface area contributed by atoms with Gasteiger partial charge in [-0.25, -0.2) is 10.2 Å². The fourth-order valence-corrected chi connectivity index (χ4v) is 4.55. The maximum absolute atomic E-state index is 12.2. The number of ether oxygens (including phenoxy) is 1. The molecule has 2 aromatic carbocycles. The summed E-state index contributed by atoms with van der Waals surface area (Å²) < 4.78 is 7.33. The van der Waals surface area contributed by atoms with E-state index in [1.165, 1.54) is 0 Å². The van der Waals surface area contributed by atoms with Crippen molar-refractivity contribution < 1.29 is 9.53 Å². The minimum atomic E-state index is -0.598. The zero-order valence-corrected chi connectivity index (χ0v) is 21.4. The first-order chi connectivity index (χ1) is 15.1. The number of nitrogens with zero attached hydrogens (tertiary/aromatic N) is 1. The van der Waals surface area contributed by atoms with Crippen LogP contribution < -0.4 is 5.43 Å². The van der Waals surface area contributed by atoms with Gasteiger partial charge in [-0.1, -0.05) is 31.9 Å². The fourth-order valence-electron chi connectivity index (χ4n) is 3.82. The van der Waals surface area contributed by atoms with Crippen LogP contribution in [0.1, 0.15) is 44.7 Å². The average Bonchev–Trinajstić information content (AvgIpc) is 3.30. The van der Waals surface area contributed by atoms with Crippen molar-refractivity contribution >= 4 is 65.5 Å². The second kappa shape index (κ2) is 8.75. The molecular weight excluding hydrogens is 536 g/mol.